The van der Waals surface area contributed by atoms with Crippen molar-refractivity contribution < 1.29 is 0 Å². The predicted molar refractivity (Wildman–Crippen MR) is 60.5 cm³/mol. The highest BCUT2D eigenvalue weighted by Crippen LogP contribution is 2.17. The van der Waals surface area contributed by atoms with E-state index < -0.39 is 0 Å². The molecule has 0 bridgehead atoms. The lowest BCUT2D eigenvalue weighted by Crippen LogP contribution is -2.10. The van der Waals surface area contributed by atoms with E-state index >= 15 is 0 Å². The molecular weight excluding hydrogens is 194 g/mol. The van der Waals surface area contributed by atoms with Crippen molar-refractivity contribution in [3.8, 4) is 0 Å². The van der Waals surface area contributed by atoms with Crippen LogP contribution in [0.4, 0.5) is 0 Å². The molecule has 2 heterocycles. The Morgan fingerprint density at radius 3 is 3.14 bits per heavy atom. The number of imidazole rings is 1. The highest BCUT2D eigenvalue weighted by Gasteiger charge is 2.05. The average molecular weight is 207 g/mol. The van der Waals surface area contributed by atoms with E-state index in [1.807, 2.05) is 37.6 Å². The van der Waals surface area contributed by atoms with Gasteiger partial charge >= 0.3 is 0 Å². The van der Waals surface area contributed by atoms with Gasteiger partial charge in [0.25, 0.3) is 0 Å². The Kier molecular flexibility index (Phi) is 2.39. The van der Waals surface area contributed by atoms with Crippen LogP contribution in [0.1, 0.15) is 18.3 Å². The zero-order valence-corrected chi connectivity index (χ0v) is 9.08. The quantitative estimate of drug-likeness (QED) is 0.819. The van der Waals surface area contributed by atoms with Crippen LogP contribution in [0.25, 0.3) is 11.0 Å². The molecule has 2 aromatic heterocycles. The summed E-state index contributed by atoms with van der Waals surface area (Å²) in [4.78, 5) is 5.47. The molecule has 1 atom stereocenters. The van der Waals surface area contributed by atoms with Crippen LogP contribution in [-0.4, -0.2) is 15.4 Å². The van der Waals surface area contributed by atoms with Gasteiger partial charge in [-0.25, -0.2) is 4.98 Å². The highest BCUT2D eigenvalue weighted by molar-refractivity contribution is 7.15. The number of hydrogen-bond acceptors (Lipinski definition) is 3. The molecule has 0 spiro atoms. The number of aromatic nitrogens is 2. The molecule has 0 saturated heterocycles. The minimum atomic E-state index is 0.0820. The summed E-state index contributed by atoms with van der Waals surface area (Å²) in [5, 5.41) is 2.03. The number of fused-ring (bicyclic) bond motifs is 1. The van der Waals surface area contributed by atoms with E-state index in [1.165, 1.54) is 0 Å². The molecule has 0 saturated carbocycles. The molecule has 0 aromatic carbocycles. The Hall–Kier alpha value is -1.13. The van der Waals surface area contributed by atoms with Gasteiger partial charge in [0.1, 0.15) is 0 Å². The number of nitrogens with two attached hydrogens (primary N) is 1. The van der Waals surface area contributed by atoms with Gasteiger partial charge in [-0.05, 0) is 19.9 Å². The number of rotatable bonds is 2. The van der Waals surface area contributed by atoms with Gasteiger partial charge in [0.05, 0.1) is 11.4 Å². The normalized spacial score (nSPS) is 14.2. The van der Waals surface area contributed by atoms with Crippen molar-refractivity contribution in [1.29, 1.82) is 0 Å². The molecule has 4 heteroatoms. The first-order chi connectivity index (χ1) is 6.68. The second-order valence-electron chi connectivity index (χ2n) is 3.36. The summed E-state index contributed by atoms with van der Waals surface area (Å²) in [6, 6.07) is 0.0820. The average Bonchev–Trinajstić information content (AvgIpc) is 2.61. The molecule has 0 aliphatic rings. The van der Waals surface area contributed by atoms with Crippen molar-refractivity contribution >= 4 is 22.4 Å². The smallest absolute Gasteiger partial charge is 0.194 e. The Labute approximate surface area is 86.9 Å². The maximum Gasteiger partial charge on any atom is 0.194 e. The van der Waals surface area contributed by atoms with Crippen LogP contribution >= 0.6 is 11.3 Å². The summed E-state index contributed by atoms with van der Waals surface area (Å²) < 4.78 is 2.08. The highest BCUT2D eigenvalue weighted by atomic mass is 32.1. The van der Waals surface area contributed by atoms with Gasteiger partial charge in [-0.1, -0.05) is 6.08 Å². The first-order valence-electron chi connectivity index (χ1n) is 4.54. The zero-order chi connectivity index (χ0) is 10.1. The SMILES string of the molecule is Cc1nc2sccn2c1/C=C/C(C)N. The molecule has 2 N–H and O–H groups in total. The van der Waals surface area contributed by atoms with Crippen LogP contribution in [0.2, 0.25) is 0 Å². The second kappa shape index (κ2) is 3.55. The molecular formula is C10H13N3S. The third-order valence-electron chi connectivity index (χ3n) is 2.04. The Bertz CT molecular complexity index is 465. The number of thiazole rings is 1. The summed E-state index contributed by atoms with van der Waals surface area (Å²) >= 11 is 1.64. The van der Waals surface area contributed by atoms with Crippen molar-refractivity contribution in [1.82, 2.24) is 9.38 Å². The molecule has 0 amide bonds. The predicted octanol–water partition coefficient (Wildman–Crippen LogP) is 2.06. The molecule has 74 valence electrons. The second-order valence-corrected chi connectivity index (χ2v) is 4.23. The van der Waals surface area contributed by atoms with E-state index in [1.54, 1.807) is 11.3 Å². The van der Waals surface area contributed by atoms with Crippen molar-refractivity contribution in [3.63, 3.8) is 0 Å². The Morgan fingerprint density at radius 1 is 1.64 bits per heavy atom. The fourth-order valence-corrected chi connectivity index (χ4v) is 2.12. The lowest BCUT2D eigenvalue weighted by molar-refractivity contribution is 0.929. The lowest BCUT2D eigenvalue weighted by Gasteiger charge is -1.95. The van der Waals surface area contributed by atoms with Crippen LogP contribution in [-0.2, 0) is 0 Å². The topological polar surface area (TPSA) is 43.3 Å². The first kappa shape index (κ1) is 9.43. The summed E-state index contributed by atoms with van der Waals surface area (Å²) in [5.74, 6) is 0. The van der Waals surface area contributed by atoms with E-state index in [0.717, 1.165) is 16.3 Å². The fourth-order valence-electron chi connectivity index (χ4n) is 1.36. The summed E-state index contributed by atoms with van der Waals surface area (Å²) in [5.41, 5.74) is 7.84. The van der Waals surface area contributed by atoms with Crippen LogP contribution < -0.4 is 5.73 Å². The maximum atomic E-state index is 5.66. The third-order valence-corrected chi connectivity index (χ3v) is 2.80. The Balaban J connectivity index is 2.48. The number of aryl methyl sites for hydroxylation is 1. The summed E-state index contributed by atoms with van der Waals surface area (Å²) in [6.45, 7) is 3.97. The number of hydrogen-bond donors (Lipinski definition) is 1. The number of nitrogens with zero attached hydrogens (tertiary/aromatic N) is 2. The Morgan fingerprint density at radius 2 is 2.43 bits per heavy atom. The van der Waals surface area contributed by atoms with Crippen molar-refractivity contribution in [2.45, 2.75) is 19.9 Å². The van der Waals surface area contributed by atoms with Gasteiger partial charge in [0, 0.05) is 17.6 Å². The van der Waals surface area contributed by atoms with E-state index in [4.69, 9.17) is 5.73 Å². The van der Waals surface area contributed by atoms with E-state index in [-0.39, 0.29) is 6.04 Å². The van der Waals surface area contributed by atoms with Gasteiger partial charge in [-0.2, -0.15) is 0 Å². The molecule has 2 aromatic rings. The van der Waals surface area contributed by atoms with E-state index in [9.17, 15) is 0 Å². The minimum Gasteiger partial charge on any atom is -0.325 e. The third kappa shape index (κ3) is 1.58. The molecule has 0 fully saturated rings. The van der Waals surface area contributed by atoms with Gasteiger partial charge in [-0.3, -0.25) is 4.40 Å². The van der Waals surface area contributed by atoms with Gasteiger partial charge < -0.3 is 5.73 Å². The van der Waals surface area contributed by atoms with Crippen LogP contribution in [0.3, 0.4) is 0 Å². The largest absolute Gasteiger partial charge is 0.325 e. The van der Waals surface area contributed by atoms with E-state index in [0.29, 0.717) is 0 Å². The molecule has 0 radical (unpaired) electrons. The molecule has 3 nitrogen and oxygen atoms in total. The van der Waals surface area contributed by atoms with Gasteiger partial charge in [0.15, 0.2) is 4.96 Å². The van der Waals surface area contributed by atoms with Crippen molar-refractivity contribution in [2.75, 3.05) is 0 Å². The molecule has 1 unspecified atom stereocenters. The van der Waals surface area contributed by atoms with E-state index in [2.05, 4.69) is 9.38 Å². The fraction of sp³-hybridized carbons (Fsp3) is 0.300. The molecule has 14 heavy (non-hydrogen) atoms. The van der Waals surface area contributed by atoms with Gasteiger partial charge in [-0.15, -0.1) is 11.3 Å². The zero-order valence-electron chi connectivity index (χ0n) is 8.27. The monoisotopic (exact) mass is 207 g/mol. The van der Waals surface area contributed by atoms with Crippen LogP contribution in [0, 0.1) is 6.92 Å². The first-order valence-corrected chi connectivity index (χ1v) is 5.42. The minimum absolute atomic E-state index is 0.0820. The standard InChI is InChI=1S/C10H13N3S/c1-7(11)3-4-9-8(2)12-10-13(9)5-6-14-10/h3-7H,11H2,1-2H3/b4-3+. The van der Waals surface area contributed by atoms with Crippen LogP contribution in [0.5, 0.6) is 0 Å². The maximum absolute atomic E-state index is 5.66. The molecule has 0 aliphatic heterocycles. The van der Waals surface area contributed by atoms with Crippen LogP contribution in [0.15, 0.2) is 17.7 Å². The molecule has 0 aliphatic carbocycles. The summed E-state index contributed by atoms with van der Waals surface area (Å²) in [6.07, 6.45) is 6.04. The molecule has 2 rings (SSSR count). The lowest BCUT2D eigenvalue weighted by atomic mass is 10.2. The van der Waals surface area contributed by atoms with Crippen molar-refractivity contribution in [2.24, 2.45) is 5.73 Å². The van der Waals surface area contributed by atoms with Gasteiger partial charge in [0.2, 0.25) is 0 Å². The van der Waals surface area contributed by atoms with Crippen molar-refractivity contribution in [3.05, 3.63) is 29.0 Å². The summed E-state index contributed by atoms with van der Waals surface area (Å²) in [7, 11) is 0.